The summed E-state index contributed by atoms with van der Waals surface area (Å²) >= 11 is 5.59. The zero-order valence-electron chi connectivity index (χ0n) is 9.08. The zero-order valence-corrected chi connectivity index (χ0v) is 9.83. The second-order valence-corrected chi connectivity index (χ2v) is 3.95. The Morgan fingerprint density at radius 1 is 1.35 bits per heavy atom. The monoisotopic (exact) mass is 252 g/mol. The van der Waals surface area contributed by atoms with Crippen LogP contribution in [0.3, 0.4) is 0 Å². The van der Waals surface area contributed by atoms with E-state index in [9.17, 15) is 4.39 Å². The van der Waals surface area contributed by atoms with E-state index in [0.29, 0.717) is 5.75 Å². The van der Waals surface area contributed by atoms with Gasteiger partial charge in [-0.05, 0) is 25.1 Å². The van der Waals surface area contributed by atoms with E-state index in [4.69, 9.17) is 22.1 Å². The van der Waals surface area contributed by atoms with Gasteiger partial charge >= 0.3 is 0 Å². The molecule has 0 saturated carbocycles. The Labute approximate surface area is 103 Å². The van der Waals surface area contributed by atoms with Gasteiger partial charge in [0.2, 0.25) is 0 Å². The molecule has 1 aromatic carbocycles. The fraction of sp³-hybridized carbons (Fsp3) is 0.0833. The lowest BCUT2D eigenvalue weighted by Gasteiger charge is -2.09. The molecule has 0 atom stereocenters. The van der Waals surface area contributed by atoms with Crippen molar-refractivity contribution < 1.29 is 9.13 Å². The molecule has 0 aliphatic carbocycles. The van der Waals surface area contributed by atoms with Crippen molar-refractivity contribution in [3.8, 4) is 11.5 Å². The molecular formula is C12H10ClFN2O. The standard InChI is InChI=1S/C12H10ClFN2O/c1-7-2-3-8(6-16-7)17-12-5-10(14)9(13)4-11(12)15/h2-6H,15H2,1H3. The predicted octanol–water partition coefficient (Wildman–Crippen LogP) is 3.56. The number of rotatable bonds is 2. The van der Waals surface area contributed by atoms with Crippen LogP contribution in [-0.4, -0.2) is 4.98 Å². The number of halogens is 2. The molecule has 88 valence electrons. The maximum absolute atomic E-state index is 13.2. The van der Waals surface area contributed by atoms with Gasteiger partial charge in [-0.15, -0.1) is 0 Å². The van der Waals surface area contributed by atoms with E-state index in [-0.39, 0.29) is 16.5 Å². The van der Waals surface area contributed by atoms with Crippen LogP contribution in [0.4, 0.5) is 10.1 Å². The average molecular weight is 253 g/mol. The van der Waals surface area contributed by atoms with Crippen LogP contribution >= 0.6 is 11.6 Å². The number of anilines is 1. The third kappa shape index (κ3) is 2.65. The number of aryl methyl sites for hydroxylation is 1. The van der Waals surface area contributed by atoms with Crippen molar-refractivity contribution in [2.24, 2.45) is 0 Å². The smallest absolute Gasteiger partial charge is 0.153 e. The molecule has 0 amide bonds. The highest BCUT2D eigenvalue weighted by molar-refractivity contribution is 6.31. The van der Waals surface area contributed by atoms with Crippen LogP contribution in [0.15, 0.2) is 30.5 Å². The van der Waals surface area contributed by atoms with E-state index in [0.717, 1.165) is 11.8 Å². The summed E-state index contributed by atoms with van der Waals surface area (Å²) in [6.45, 7) is 1.86. The van der Waals surface area contributed by atoms with E-state index in [1.54, 1.807) is 18.3 Å². The first-order chi connectivity index (χ1) is 8.06. The third-order valence-corrected chi connectivity index (χ3v) is 2.45. The van der Waals surface area contributed by atoms with Crippen LogP contribution in [0.1, 0.15) is 5.69 Å². The van der Waals surface area contributed by atoms with E-state index in [2.05, 4.69) is 4.98 Å². The van der Waals surface area contributed by atoms with Gasteiger partial charge in [0.15, 0.2) is 5.75 Å². The van der Waals surface area contributed by atoms with Crippen LogP contribution in [0.25, 0.3) is 0 Å². The molecule has 0 spiro atoms. The molecule has 0 aliphatic rings. The van der Waals surface area contributed by atoms with Gasteiger partial charge in [-0.25, -0.2) is 4.39 Å². The topological polar surface area (TPSA) is 48.1 Å². The summed E-state index contributed by atoms with van der Waals surface area (Å²) in [6, 6.07) is 5.98. The Bertz CT molecular complexity index is 543. The van der Waals surface area contributed by atoms with Gasteiger partial charge in [0.25, 0.3) is 0 Å². The SMILES string of the molecule is Cc1ccc(Oc2cc(F)c(Cl)cc2N)cn1. The third-order valence-electron chi connectivity index (χ3n) is 2.16. The van der Waals surface area contributed by atoms with E-state index < -0.39 is 5.82 Å². The van der Waals surface area contributed by atoms with Gasteiger partial charge in [-0.1, -0.05) is 11.6 Å². The molecule has 1 aromatic heterocycles. The number of benzene rings is 1. The molecule has 0 saturated heterocycles. The van der Waals surface area contributed by atoms with Crippen LogP contribution < -0.4 is 10.5 Å². The highest BCUT2D eigenvalue weighted by Crippen LogP contribution is 2.31. The highest BCUT2D eigenvalue weighted by atomic mass is 35.5. The molecule has 0 aliphatic heterocycles. The largest absolute Gasteiger partial charge is 0.453 e. The molecule has 0 fully saturated rings. The number of ether oxygens (including phenoxy) is 1. The van der Waals surface area contributed by atoms with Crippen molar-refractivity contribution >= 4 is 17.3 Å². The van der Waals surface area contributed by atoms with Gasteiger partial charge in [0, 0.05) is 11.8 Å². The molecule has 5 heteroatoms. The predicted molar refractivity (Wildman–Crippen MR) is 64.9 cm³/mol. The molecule has 2 N–H and O–H groups in total. The van der Waals surface area contributed by atoms with E-state index in [1.807, 2.05) is 6.92 Å². The van der Waals surface area contributed by atoms with Crippen molar-refractivity contribution in [2.45, 2.75) is 6.92 Å². The quantitative estimate of drug-likeness (QED) is 0.832. The number of hydrogen-bond acceptors (Lipinski definition) is 3. The normalized spacial score (nSPS) is 10.3. The summed E-state index contributed by atoms with van der Waals surface area (Å²) in [7, 11) is 0. The summed E-state index contributed by atoms with van der Waals surface area (Å²) in [5, 5.41) is -0.0307. The fourth-order valence-electron chi connectivity index (χ4n) is 1.27. The van der Waals surface area contributed by atoms with Crippen molar-refractivity contribution in [2.75, 3.05) is 5.73 Å². The van der Waals surface area contributed by atoms with Gasteiger partial charge < -0.3 is 10.5 Å². The molecular weight excluding hydrogens is 243 g/mol. The Balaban J connectivity index is 2.30. The molecule has 3 nitrogen and oxygen atoms in total. The summed E-state index contributed by atoms with van der Waals surface area (Å²) in [4.78, 5) is 4.06. The lowest BCUT2D eigenvalue weighted by atomic mass is 10.3. The van der Waals surface area contributed by atoms with Crippen LogP contribution in [0, 0.1) is 12.7 Å². The second kappa shape index (κ2) is 4.59. The molecule has 0 bridgehead atoms. The number of hydrogen-bond donors (Lipinski definition) is 1. The zero-order chi connectivity index (χ0) is 12.4. The summed E-state index contributed by atoms with van der Waals surface area (Å²) in [6.07, 6.45) is 1.54. The van der Waals surface area contributed by atoms with Gasteiger partial charge in [-0.3, -0.25) is 4.98 Å². The lowest BCUT2D eigenvalue weighted by Crippen LogP contribution is -1.94. The molecule has 2 rings (SSSR count). The summed E-state index contributed by atoms with van der Waals surface area (Å²) < 4.78 is 18.7. The first kappa shape index (κ1) is 11.7. The molecule has 1 heterocycles. The minimum atomic E-state index is -0.573. The number of pyridine rings is 1. The lowest BCUT2D eigenvalue weighted by molar-refractivity contribution is 0.476. The van der Waals surface area contributed by atoms with Gasteiger partial charge in [-0.2, -0.15) is 0 Å². The fourth-order valence-corrected chi connectivity index (χ4v) is 1.45. The van der Waals surface area contributed by atoms with Crippen LogP contribution in [0.2, 0.25) is 5.02 Å². The van der Waals surface area contributed by atoms with E-state index in [1.165, 1.54) is 6.07 Å². The number of nitrogens with two attached hydrogens (primary N) is 1. The van der Waals surface area contributed by atoms with Crippen LogP contribution in [-0.2, 0) is 0 Å². The Morgan fingerprint density at radius 3 is 2.76 bits per heavy atom. The summed E-state index contributed by atoms with van der Waals surface area (Å²) in [5.41, 5.74) is 6.81. The van der Waals surface area contributed by atoms with Gasteiger partial charge in [0.05, 0.1) is 16.9 Å². The number of nitrogen functional groups attached to an aromatic ring is 1. The molecule has 0 radical (unpaired) electrons. The van der Waals surface area contributed by atoms with Crippen molar-refractivity contribution in [1.29, 1.82) is 0 Å². The average Bonchev–Trinajstić information content (AvgIpc) is 2.29. The van der Waals surface area contributed by atoms with Crippen LogP contribution in [0.5, 0.6) is 11.5 Å². The molecule has 2 aromatic rings. The summed E-state index contributed by atoms with van der Waals surface area (Å²) in [5.74, 6) is 0.137. The van der Waals surface area contributed by atoms with Crippen molar-refractivity contribution in [3.63, 3.8) is 0 Å². The van der Waals surface area contributed by atoms with Crippen molar-refractivity contribution in [1.82, 2.24) is 4.98 Å². The Morgan fingerprint density at radius 2 is 2.12 bits per heavy atom. The van der Waals surface area contributed by atoms with Crippen molar-refractivity contribution in [3.05, 3.63) is 47.0 Å². The highest BCUT2D eigenvalue weighted by Gasteiger charge is 2.08. The number of nitrogens with zero attached hydrogens (tertiary/aromatic N) is 1. The minimum Gasteiger partial charge on any atom is -0.453 e. The first-order valence-electron chi connectivity index (χ1n) is 4.91. The minimum absolute atomic E-state index is 0.0307. The second-order valence-electron chi connectivity index (χ2n) is 3.54. The Hall–Kier alpha value is -1.81. The van der Waals surface area contributed by atoms with Gasteiger partial charge in [0.1, 0.15) is 11.6 Å². The molecule has 0 unspecified atom stereocenters. The maximum Gasteiger partial charge on any atom is 0.153 e. The Kier molecular flexibility index (Phi) is 3.15. The molecule has 17 heavy (non-hydrogen) atoms. The first-order valence-corrected chi connectivity index (χ1v) is 5.29. The number of aromatic nitrogens is 1. The maximum atomic E-state index is 13.2. The van der Waals surface area contributed by atoms with E-state index >= 15 is 0 Å².